The minimum atomic E-state index is 0.206. The molecule has 0 aliphatic carbocycles. The predicted octanol–water partition coefficient (Wildman–Crippen LogP) is 4.90. The maximum absolute atomic E-state index is 3.66. The molecule has 0 aliphatic heterocycles. The molecule has 0 bridgehead atoms. The van der Waals surface area contributed by atoms with Crippen molar-refractivity contribution in [1.82, 2.24) is 5.32 Å². The molecule has 1 aromatic carbocycles. The monoisotopic (exact) mass is 287 g/mol. The average Bonchev–Trinajstić information content (AvgIpc) is 2.82. The van der Waals surface area contributed by atoms with E-state index >= 15 is 0 Å². The lowest BCUT2D eigenvalue weighted by Gasteiger charge is -2.29. The SMILES string of the molecule is Cc1cscc1CNC(C)CC(C)(C)c1ccccc1. The molecule has 1 atom stereocenters. The first kappa shape index (κ1) is 15.3. The zero-order chi connectivity index (χ0) is 14.6. The van der Waals surface area contributed by atoms with Gasteiger partial charge in [0.05, 0.1) is 0 Å². The van der Waals surface area contributed by atoms with E-state index in [1.165, 1.54) is 16.7 Å². The molecule has 0 spiro atoms. The highest BCUT2D eigenvalue weighted by Crippen LogP contribution is 2.28. The Morgan fingerprint density at radius 3 is 2.45 bits per heavy atom. The molecule has 2 heteroatoms. The van der Waals surface area contributed by atoms with Crippen LogP contribution in [0, 0.1) is 6.92 Å². The number of benzene rings is 1. The van der Waals surface area contributed by atoms with Crippen LogP contribution in [0.15, 0.2) is 41.1 Å². The van der Waals surface area contributed by atoms with Crippen LogP contribution in [0.4, 0.5) is 0 Å². The van der Waals surface area contributed by atoms with Gasteiger partial charge in [0.15, 0.2) is 0 Å². The summed E-state index contributed by atoms with van der Waals surface area (Å²) in [4.78, 5) is 0. The summed E-state index contributed by atoms with van der Waals surface area (Å²) < 4.78 is 0. The normalized spacial score (nSPS) is 13.4. The van der Waals surface area contributed by atoms with Crippen LogP contribution in [0.1, 0.15) is 43.9 Å². The van der Waals surface area contributed by atoms with Crippen molar-refractivity contribution in [1.29, 1.82) is 0 Å². The lowest BCUT2D eigenvalue weighted by Crippen LogP contribution is -2.33. The number of aryl methyl sites for hydroxylation is 1. The minimum absolute atomic E-state index is 0.206. The standard InChI is InChI=1S/C18H25NS/c1-14-12-20-13-16(14)11-19-15(2)10-18(3,4)17-8-6-5-7-9-17/h5-9,12-13,15,19H,10-11H2,1-4H3. The summed E-state index contributed by atoms with van der Waals surface area (Å²) >= 11 is 1.79. The second kappa shape index (κ2) is 6.55. The van der Waals surface area contributed by atoms with Crippen molar-refractivity contribution in [3.05, 3.63) is 57.8 Å². The molecule has 2 rings (SSSR count). The van der Waals surface area contributed by atoms with Crippen LogP contribution in [0.3, 0.4) is 0 Å². The third-order valence-electron chi connectivity index (χ3n) is 3.97. The molecule has 1 aromatic heterocycles. The molecule has 0 aliphatic rings. The molecule has 1 nitrogen and oxygen atoms in total. The van der Waals surface area contributed by atoms with Gasteiger partial charge >= 0.3 is 0 Å². The second-order valence-electron chi connectivity index (χ2n) is 6.32. The zero-order valence-corrected chi connectivity index (χ0v) is 13.8. The van der Waals surface area contributed by atoms with Gasteiger partial charge in [-0.15, -0.1) is 0 Å². The average molecular weight is 287 g/mol. The van der Waals surface area contributed by atoms with E-state index in [0.717, 1.165) is 13.0 Å². The number of rotatable bonds is 6. The molecule has 1 heterocycles. The quantitative estimate of drug-likeness (QED) is 0.796. The van der Waals surface area contributed by atoms with Crippen LogP contribution in [0.5, 0.6) is 0 Å². The fourth-order valence-electron chi connectivity index (χ4n) is 2.70. The van der Waals surface area contributed by atoms with Crippen molar-refractivity contribution in [2.24, 2.45) is 0 Å². The molecular weight excluding hydrogens is 262 g/mol. The van der Waals surface area contributed by atoms with Gasteiger partial charge in [0, 0.05) is 12.6 Å². The Morgan fingerprint density at radius 1 is 1.15 bits per heavy atom. The van der Waals surface area contributed by atoms with Crippen molar-refractivity contribution in [3.8, 4) is 0 Å². The van der Waals surface area contributed by atoms with Gasteiger partial charge in [0.25, 0.3) is 0 Å². The molecule has 2 aromatic rings. The van der Waals surface area contributed by atoms with Gasteiger partial charge in [-0.05, 0) is 53.1 Å². The number of hydrogen-bond donors (Lipinski definition) is 1. The summed E-state index contributed by atoms with van der Waals surface area (Å²) in [7, 11) is 0. The molecule has 0 saturated carbocycles. The summed E-state index contributed by atoms with van der Waals surface area (Å²) in [5.41, 5.74) is 4.45. The molecule has 1 unspecified atom stereocenters. The summed E-state index contributed by atoms with van der Waals surface area (Å²) in [6.45, 7) is 10.1. The maximum Gasteiger partial charge on any atom is 0.0218 e. The highest BCUT2D eigenvalue weighted by molar-refractivity contribution is 7.08. The Balaban J connectivity index is 1.91. The highest BCUT2D eigenvalue weighted by Gasteiger charge is 2.22. The molecule has 0 amide bonds. The van der Waals surface area contributed by atoms with Gasteiger partial charge < -0.3 is 5.32 Å². The summed E-state index contributed by atoms with van der Waals surface area (Å²) in [6.07, 6.45) is 1.14. The summed E-state index contributed by atoms with van der Waals surface area (Å²) in [5, 5.41) is 8.12. The summed E-state index contributed by atoms with van der Waals surface area (Å²) in [5.74, 6) is 0. The molecular formula is C18H25NS. The maximum atomic E-state index is 3.66. The van der Waals surface area contributed by atoms with E-state index in [2.05, 4.69) is 74.1 Å². The van der Waals surface area contributed by atoms with Crippen LogP contribution < -0.4 is 5.32 Å². The molecule has 1 N–H and O–H groups in total. The Bertz CT molecular complexity index is 527. The third kappa shape index (κ3) is 3.94. The van der Waals surface area contributed by atoms with E-state index in [-0.39, 0.29) is 5.41 Å². The van der Waals surface area contributed by atoms with Crippen molar-refractivity contribution in [2.75, 3.05) is 0 Å². The first-order valence-corrected chi connectivity index (χ1v) is 8.24. The fourth-order valence-corrected chi connectivity index (χ4v) is 3.55. The van der Waals surface area contributed by atoms with Crippen molar-refractivity contribution in [3.63, 3.8) is 0 Å². The number of thiophene rings is 1. The van der Waals surface area contributed by atoms with E-state index in [9.17, 15) is 0 Å². The lowest BCUT2D eigenvalue weighted by atomic mass is 9.79. The molecule has 0 fully saturated rings. The highest BCUT2D eigenvalue weighted by atomic mass is 32.1. The van der Waals surface area contributed by atoms with Gasteiger partial charge in [0.2, 0.25) is 0 Å². The predicted molar refractivity (Wildman–Crippen MR) is 89.4 cm³/mol. The Morgan fingerprint density at radius 2 is 1.85 bits per heavy atom. The smallest absolute Gasteiger partial charge is 0.0218 e. The van der Waals surface area contributed by atoms with E-state index in [4.69, 9.17) is 0 Å². The lowest BCUT2D eigenvalue weighted by molar-refractivity contribution is 0.388. The van der Waals surface area contributed by atoms with Crippen LogP contribution in [0.2, 0.25) is 0 Å². The van der Waals surface area contributed by atoms with Gasteiger partial charge in [-0.1, -0.05) is 44.2 Å². The summed E-state index contributed by atoms with van der Waals surface area (Å²) in [6, 6.07) is 11.3. The molecule has 0 saturated heterocycles. The van der Waals surface area contributed by atoms with E-state index < -0.39 is 0 Å². The first-order valence-electron chi connectivity index (χ1n) is 7.29. The van der Waals surface area contributed by atoms with Gasteiger partial charge in [-0.2, -0.15) is 11.3 Å². The minimum Gasteiger partial charge on any atom is -0.310 e. The number of hydrogen-bond acceptors (Lipinski definition) is 2. The third-order valence-corrected chi connectivity index (χ3v) is 4.88. The topological polar surface area (TPSA) is 12.0 Å². The molecule has 108 valence electrons. The van der Waals surface area contributed by atoms with Crippen molar-refractivity contribution >= 4 is 11.3 Å². The van der Waals surface area contributed by atoms with Gasteiger partial charge in [0.1, 0.15) is 0 Å². The first-order chi connectivity index (χ1) is 9.49. The zero-order valence-electron chi connectivity index (χ0n) is 12.9. The Hall–Kier alpha value is -1.12. The molecule has 0 radical (unpaired) electrons. The van der Waals surface area contributed by atoms with E-state index in [1.54, 1.807) is 11.3 Å². The second-order valence-corrected chi connectivity index (χ2v) is 7.06. The van der Waals surface area contributed by atoms with Crippen LogP contribution >= 0.6 is 11.3 Å². The van der Waals surface area contributed by atoms with Crippen LogP contribution in [-0.2, 0) is 12.0 Å². The van der Waals surface area contributed by atoms with Crippen molar-refractivity contribution < 1.29 is 0 Å². The number of nitrogens with one attached hydrogen (secondary N) is 1. The van der Waals surface area contributed by atoms with Crippen LogP contribution in [-0.4, -0.2) is 6.04 Å². The van der Waals surface area contributed by atoms with Crippen molar-refractivity contribution in [2.45, 2.75) is 52.1 Å². The van der Waals surface area contributed by atoms with Crippen LogP contribution in [0.25, 0.3) is 0 Å². The molecule has 20 heavy (non-hydrogen) atoms. The largest absolute Gasteiger partial charge is 0.310 e. The fraction of sp³-hybridized carbons (Fsp3) is 0.444. The Kier molecular flexibility index (Phi) is 5.00. The van der Waals surface area contributed by atoms with E-state index in [0.29, 0.717) is 6.04 Å². The Labute approximate surface area is 127 Å². The van der Waals surface area contributed by atoms with E-state index in [1.807, 2.05) is 0 Å². The van der Waals surface area contributed by atoms with Gasteiger partial charge in [-0.3, -0.25) is 0 Å². The van der Waals surface area contributed by atoms with Gasteiger partial charge in [-0.25, -0.2) is 0 Å².